The van der Waals surface area contributed by atoms with Gasteiger partial charge in [0, 0.05) is 18.1 Å². The average molecular weight is 347 g/mol. The maximum atomic E-state index is 13.5. The molecule has 9 heteroatoms. The van der Waals surface area contributed by atoms with Crippen molar-refractivity contribution in [2.75, 3.05) is 0 Å². The number of carbonyl (C=O) groups is 1. The van der Waals surface area contributed by atoms with E-state index in [1.165, 1.54) is 0 Å². The number of benzene rings is 1. The SMILES string of the molecule is O=C(O)CCC(O)=c1c(=O)cc(-c2cc(F)cc(F)c2)c2ncnn12. The van der Waals surface area contributed by atoms with Gasteiger partial charge in [-0.1, -0.05) is 0 Å². The second-order valence-electron chi connectivity index (χ2n) is 5.26. The number of hydrogen-bond donors (Lipinski definition) is 2. The van der Waals surface area contributed by atoms with Gasteiger partial charge in [0.1, 0.15) is 23.7 Å². The standard InChI is InChI=1S/C16H11F2N3O4/c17-9-3-8(4-10(18)5-9)11-6-13(23)15(12(22)1-2-14(24)25)21-16(11)19-7-20-21/h3-7,22H,1-2H2,(H,24,25). The number of nitrogens with zero attached hydrogens (tertiary/aromatic N) is 3. The van der Waals surface area contributed by atoms with Gasteiger partial charge in [0.15, 0.2) is 11.0 Å². The number of pyridine rings is 1. The van der Waals surface area contributed by atoms with Crippen LogP contribution < -0.4 is 10.8 Å². The van der Waals surface area contributed by atoms with E-state index in [9.17, 15) is 23.5 Å². The van der Waals surface area contributed by atoms with Crippen LogP contribution in [0.25, 0.3) is 22.5 Å². The van der Waals surface area contributed by atoms with Crippen molar-refractivity contribution in [3.8, 4) is 11.1 Å². The number of carboxylic acids is 1. The Balaban J connectivity index is 2.28. The molecule has 7 nitrogen and oxygen atoms in total. The van der Waals surface area contributed by atoms with E-state index in [0.717, 1.165) is 29.0 Å². The van der Waals surface area contributed by atoms with E-state index in [1.807, 2.05) is 0 Å². The number of aliphatic carboxylic acids is 1. The maximum Gasteiger partial charge on any atom is 0.303 e. The number of aromatic nitrogens is 3. The Labute approximate surface area is 138 Å². The lowest BCUT2D eigenvalue weighted by Gasteiger charge is -2.05. The van der Waals surface area contributed by atoms with Crippen molar-refractivity contribution in [1.29, 1.82) is 0 Å². The first-order chi connectivity index (χ1) is 11.9. The van der Waals surface area contributed by atoms with Crippen LogP contribution in [0.2, 0.25) is 0 Å². The number of carboxylic acid groups (broad SMARTS) is 1. The molecule has 0 saturated carbocycles. The van der Waals surface area contributed by atoms with Crippen molar-refractivity contribution in [3.05, 3.63) is 57.8 Å². The number of aliphatic hydroxyl groups is 1. The fourth-order valence-electron chi connectivity index (χ4n) is 2.49. The van der Waals surface area contributed by atoms with Crippen molar-refractivity contribution >= 4 is 17.4 Å². The number of aliphatic hydroxyl groups excluding tert-OH is 1. The number of hydrogen-bond acceptors (Lipinski definition) is 5. The lowest BCUT2D eigenvalue weighted by molar-refractivity contribution is -0.136. The quantitative estimate of drug-likeness (QED) is 0.737. The van der Waals surface area contributed by atoms with Crippen molar-refractivity contribution in [1.82, 2.24) is 14.6 Å². The summed E-state index contributed by atoms with van der Waals surface area (Å²) >= 11 is 0. The van der Waals surface area contributed by atoms with Crippen molar-refractivity contribution in [3.63, 3.8) is 0 Å². The van der Waals surface area contributed by atoms with Gasteiger partial charge in [-0.25, -0.2) is 18.3 Å². The highest BCUT2D eigenvalue weighted by Crippen LogP contribution is 2.23. The fraction of sp³-hybridized carbons (Fsp3) is 0.125. The third-order valence-electron chi connectivity index (χ3n) is 3.53. The smallest absolute Gasteiger partial charge is 0.303 e. The first-order valence-electron chi connectivity index (χ1n) is 7.14. The Kier molecular flexibility index (Phi) is 4.14. The minimum Gasteiger partial charge on any atom is -0.510 e. The van der Waals surface area contributed by atoms with Gasteiger partial charge in [0.2, 0.25) is 5.43 Å². The summed E-state index contributed by atoms with van der Waals surface area (Å²) in [4.78, 5) is 27.0. The highest BCUT2D eigenvalue weighted by Gasteiger charge is 2.15. The molecule has 0 spiro atoms. The van der Waals surface area contributed by atoms with Crippen LogP contribution >= 0.6 is 0 Å². The molecule has 0 aliphatic rings. The molecular weight excluding hydrogens is 336 g/mol. The van der Waals surface area contributed by atoms with Crippen molar-refractivity contribution < 1.29 is 23.8 Å². The Morgan fingerprint density at radius 3 is 2.40 bits per heavy atom. The van der Waals surface area contributed by atoms with Gasteiger partial charge < -0.3 is 10.2 Å². The van der Waals surface area contributed by atoms with Crippen LogP contribution in [0.5, 0.6) is 0 Å². The third kappa shape index (κ3) is 3.16. The normalized spacial score (nSPS) is 12.4. The molecule has 1 aromatic carbocycles. The molecule has 25 heavy (non-hydrogen) atoms. The number of rotatable bonds is 4. The molecule has 128 valence electrons. The topological polar surface area (TPSA) is 105 Å². The minimum absolute atomic E-state index is 0.0872. The summed E-state index contributed by atoms with van der Waals surface area (Å²) in [6.07, 6.45) is 0.466. The molecule has 0 bridgehead atoms. The second kappa shape index (κ2) is 6.27. The number of fused-ring (bicyclic) bond motifs is 1. The van der Waals surface area contributed by atoms with Gasteiger partial charge in [0.05, 0.1) is 6.42 Å². The average Bonchev–Trinajstić information content (AvgIpc) is 2.99. The van der Waals surface area contributed by atoms with Crippen molar-refractivity contribution in [2.45, 2.75) is 12.8 Å². The van der Waals surface area contributed by atoms with E-state index in [-0.39, 0.29) is 35.0 Å². The summed E-state index contributed by atoms with van der Waals surface area (Å²) in [6, 6.07) is 3.85. The molecule has 0 aliphatic heterocycles. The van der Waals surface area contributed by atoms with Crippen LogP contribution in [0.1, 0.15) is 12.8 Å². The predicted octanol–water partition coefficient (Wildman–Crippen LogP) is 1.28. The van der Waals surface area contributed by atoms with Crippen molar-refractivity contribution in [2.24, 2.45) is 0 Å². The molecule has 0 radical (unpaired) electrons. The highest BCUT2D eigenvalue weighted by molar-refractivity contribution is 5.77. The van der Waals surface area contributed by atoms with E-state index in [4.69, 9.17) is 5.11 Å². The summed E-state index contributed by atoms with van der Waals surface area (Å²) in [5.74, 6) is -3.24. The molecule has 3 aromatic rings. The van der Waals surface area contributed by atoms with E-state index in [1.54, 1.807) is 0 Å². The van der Waals surface area contributed by atoms with Crippen LogP contribution in [0, 0.1) is 11.6 Å². The zero-order valence-electron chi connectivity index (χ0n) is 12.6. The van der Waals surface area contributed by atoms with Gasteiger partial charge in [-0.3, -0.25) is 9.59 Å². The van der Waals surface area contributed by atoms with E-state index >= 15 is 0 Å². The molecule has 3 rings (SSSR count). The summed E-state index contributed by atoms with van der Waals surface area (Å²) in [6.45, 7) is 0. The monoisotopic (exact) mass is 347 g/mol. The molecule has 0 unspecified atom stereocenters. The van der Waals surface area contributed by atoms with Gasteiger partial charge in [-0.05, 0) is 23.8 Å². The molecule has 2 aromatic heterocycles. The number of halogens is 2. The van der Waals surface area contributed by atoms with E-state index < -0.39 is 28.8 Å². The van der Waals surface area contributed by atoms with Crippen LogP contribution in [0.4, 0.5) is 8.78 Å². The second-order valence-corrected chi connectivity index (χ2v) is 5.26. The molecule has 0 fully saturated rings. The maximum absolute atomic E-state index is 13.5. The summed E-state index contributed by atoms with van der Waals surface area (Å²) in [5.41, 5.74) is -0.359. The molecule has 0 saturated heterocycles. The highest BCUT2D eigenvalue weighted by atomic mass is 19.1. The van der Waals surface area contributed by atoms with Crippen LogP contribution in [-0.2, 0) is 4.79 Å². The first kappa shape index (κ1) is 16.5. The third-order valence-corrected chi connectivity index (χ3v) is 3.53. The molecular formula is C16H11F2N3O4. The molecule has 2 heterocycles. The Hall–Kier alpha value is -3.36. The molecule has 0 atom stereocenters. The lowest BCUT2D eigenvalue weighted by Crippen LogP contribution is -2.34. The molecule has 0 aliphatic carbocycles. The van der Waals surface area contributed by atoms with Crippen LogP contribution in [-0.4, -0.2) is 30.8 Å². The lowest BCUT2D eigenvalue weighted by atomic mass is 10.1. The molecule has 0 amide bonds. The van der Waals surface area contributed by atoms with Gasteiger partial charge >= 0.3 is 5.97 Å². The molecule has 2 N–H and O–H groups in total. The largest absolute Gasteiger partial charge is 0.510 e. The minimum atomic E-state index is -1.14. The fourth-order valence-corrected chi connectivity index (χ4v) is 2.49. The van der Waals surface area contributed by atoms with E-state index in [0.29, 0.717) is 6.07 Å². The predicted molar refractivity (Wildman–Crippen MR) is 82.7 cm³/mol. The first-order valence-corrected chi connectivity index (χ1v) is 7.14. The summed E-state index contributed by atoms with van der Waals surface area (Å²) < 4.78 is 28.0. The van der Waals surface area contributed by atoms with Gasteiger partial charge in [-0.15, -0.1) is 0 Å². The Bertz CT molecular complexity index is 1070. The Morgan fingerprint density at radius 2 is 1.76 bits per heavy atom. The van der Waals surface area contributed by atoms with E-state index in [2.05, 4.69) is 10.1 Å². The Morgan fingerprint density at radius 1 is 1.08 bits per heavy atom. The van der Waals surface area contributed by atoms with Crippen LogP contribution in [0.3, 0.4) is 0 Å². The zero-order chi connectivity index (χ0) is 18.1. The zero-order valence-corrected chi connectivity index (χ0v) is 12.6. The summed E-state index contributed by atoms with van der Waals surface area (Å²) in [5, 5.41) is 22.4. The summed E-state index contributed by atoms with van der Waals surface area (Å²) in [7, 11) is 0. The van der Waals surface area contributed by atoms with Gasteiger partial charge in [0.25, 0.3) is 0 Å². The van der Waals surface area contributed by atoms with Gasteiger partial charge in [-0.2, -0.15) is 5.10 Å². The van der Waals surface area contributed by atoms with Crippen LogP contribution in [0.15, 0.2) is 35.4 Å².